The van der Waals surface area contributed by atoms with Gasteiger partial charge >= 0.3 is 5.97 Å². The van der Waals surface area contributed by atoms with Crippen molar-refractivity contribution in [1.82, 2.24) is 5.32 Å². The average Bonchev–Trinajstić information content (AvgIpc) is 2.45. The zero-order valence-corrected chi connectivity index (χ0v) is 11.9. The van der Waals surface area contributed by atoms with E-state index in [1.54, 1.807) is 18.2 Å². The van der Waals surface area contributed by atoms with Crippen LogP contribution in [0.1, 0.15) is 30.6 Å². The van der Waals surface area contributed by atoms with E-state index in [2.05, 4.69) is 10.6 Å². The van der Waals surface area contributed by atoms with Gasteiger partial charge in [0.25, 0.3) is 5.91 Å². The van der Waals surface area contributed by atoms with Crippen LogP contribution in [0.4, 0.5) is 5.69 Å². The van der Waals surface area contributed by atoms with Crippen molar-refractivity contribution in [1.29, 1.82) is 0 Å². The van der Waals surface area contributed by atoms with Crippen LogP contribution in [0.15, 0.2) is 36.4 Å². The second-order valence-electron chi connectivity index (χ2n) is 4.52. The fourth-order valence-electron chi connectivity index (χ4n) is 1.48. The smallest absolute Gasteiger partial charge is 0.328 e. The highest BCUT2D eigenvalue weighted by Gasteiger charge is 2.09. The molecule has 1 rings (SSSR count). The standard InChI is InChI=1S/C15H18N2O4/c1-3-10(2)16-15(21)11-5-4-6-12(9-11)17-13(18)7-8-14(19)20/h4-10H,3H2,1-2H3,(H,16,21)(H,17,18)(H,19,20)/b8-7+/t10-/m0/s1. The zero-order chi connectivity index (χ0) is 15.8. The van der Waals surface area contributed by atoms with Crippen LogP contribution in [0.2, 0.25) is 0 Å². The molecular weight excluding hydrogens is 272 g/mol. The molecular formula is C15H18N2O4. The number of carboxylic acid groups (broad SMARTS) is 1. The maximum Gasteiger partial charge on any atom is 0.328 e. The number of nitrogens with one attached hydrogen (secondary N) is 2. The Morgan fingerprint density at radius 3 is 2.62 bits per heavy atom. The number of rotatable bonds is 6. The quantitative estimate of drug-likeness (QED) is 0.696. The first kappa shape index (κ1) is 16.4. The van der Waals surface area contributed by atoms with Gasteiger partial charge in [-0.25, -0.2) is 4.79 Å². The van der Waals surface area contributed by atoms with Gasteiger partial charge in [-0.2, -0.15) is 0 Å². The monoisotopic (exact) mass is 290 g/mol. The summed E-state index contributed by atoms with van der Waals surface area (Å²) in [4.78, 5) is 33.7. The van der Waals surface area contributed by atoms with E-state index in [0.29, 0.717) is 11.3 Å². The molecule has 0 unspecified atom stereocenters. The van der Waals surface area contributed by atoms with Gasteiger partial charge in [0.2, 0.25) is 5.91 Å². The third-order valence-electron chi connectivity index (χ3n) is 2.76. The lowest BCUT2D eigenvalue weighted by Crippen LogP contribution is -2.31. The van der Waals surface area contributed by atoms with Gasteiger partial charge in [-0.05, 0) is 31.5 Å². The van der Waals surface area contributed by atoms with Crippen LogP contribution < -0.4 is 10.6 Å². The van der Waals surface area contributed by atoms with Crippen molar-refractivity contribution in [2.75, 3.05) is 5.32 Å². The normalized spacial score (nSPS) is 11.9. The molecule has 0 aliphatic heterocycles. The number of carbonyl (C=O) groups excluding carboxylic acids is 2. The van der Waals surface area contributed by atoms with Gasteiger partial charge in [0.1, 0.15) is 0 Å². The Labute approximate surface area is 122 Å². The lowest BCUT2D eigenvalue weighted by molar-refractivity contribution is -0.131. The van der Waals surface area contributed by atoms with Crippen LogP contribution in [0.3, 0.4) is 0 Å². The number of carbonyl (C=O) groups is 3. The Morgan fingerprint density at radius 2 is 2.00 bits per heavy atom. The fourth-order valence-corrected chi connectivity index (χ4v) is 1.48. The maximum absolute atomic E-state index is 12.0. The Morgan fingerprint density at radius 1 is 1.29 bits per heavy atom. The molecule has 3 N–H and O–H groups in total. The molecule has 1 atom stereocenters. The van der Waals surface area contributed by atoms with E-state index < -0.39 is 11.9 Å². The highest BCUT2D eigenvalue weighted by Crippen LogP contribution is 2.11. The molecule has 0 aromatic heterocycles. The largest absolute Gasteiger partial charge is 0.478 e. The summed E-state index contributed by atoms with van der Waals surface area (Å²) in [6, 6.07) is 6.49. The lowest BCUT2D eigenvalue weighted by Gasteiger charge is -2.12. The molecule has 2 amide bonds. The molecule has 0 saturated heterocycles. The first-order chi connectivity index (χ1) is 9.92. The van der Waals surface area contributed by atoms with Gasteiger partial charge in [0.05, 0.1) is 0 Å². The average molecular weight is 290 g/mol. The highest BCUT2D eigenvalue weighted by molar-refractivity contribution is 6.03. The number of anilines is 1. The third kappa shape index (κ3) is 5.90. The Bertz CT molecular complexity index is 567. The molecule has 0 bridgehead atoms. The molecule has 112 valence electrons. The lowest BCUT2D eigenvalue weighted by atomic mass is 10.1. The molecule has 0 heterocycles. The van der Waals surface area contributed by atoms with Crippen LogP contribution in [0, 0.1) is 0 Å². The SMILES string of the molecule is CC[C@H](C)NC(=O)c1cccc(NC(=O)/C=C/C(=O)O)c1. The van der Waals surface area contributed by atoms with Gasteiger partial charge in [-0.3, -0.25) is 9.59 Å². The summed E-state index contributed by atoms with van der Waals surface area (Å²) in [7, 11) is 0. The maximum atomic E-state index is 12.0. The van der Waals surface area contributed by atoms with Crippen LogP contribution in [0.25, 0.3) is 0 Å². The minimum atomic E-state index is -1.20. The van der Waals surface area contributed by atoms with E-state index in [0.717, 1.165) is 18.6 Å². The minimum absolute atomic E-state index is 0.0641. The number of hydrogen-bond acceptors (Lipinski definition) is 3. The molecule has 0 radical (unpaired) electrons. The Hall–Kier alpha value is -2.63. The van der Waals surface area contributed by atoms with Crippen LogP contribution >= 0.6 is 0 Å². The van der Waals surface area contributed by atoms with Crippen molar-refractivity contribution in [2.24, 2.45) is 0 Å². The van der Waals surface area contributed by atoms with Crippen LogP contribution in [-0.4, -0.2) is 28.9 Å². The molecule has 21 heavy (non-hydrogen) atoms. The van der Waals surface area contributed by atoms with Crippen molar-refractivity contribution in [3.8, 4) is 0 Å². The molecule has 0 fully saturated rings. The predicted molar refractivity (Wildman–Crippen MR) is 79.1 cm³/mol. The van der Waals surface area contributed by atoms with E-state index in [-0.39, 0.29) is 11.9 Å². The molecule has 0 aliphatic carbocycles. The molecule has 0 aliphatic rings. The van der Waals surface area contributed by atoms with E-state index in [4.69, 9.17) is 5.11 Å². The van der Waals surface area contributed by atoms with Gasteiger partial charge in [0, 0.05) is 29.4 Å². The molecule has 0 spiro atoms. The van der Waals surface area contributed by atoms with Crippen molar-refractivity contribution in [2.45, 2.75) is 26.3 Å². The first-order valence-corrected chi connectivity index (χ1v) is 6.55. The minimum Gasteiger partial charge on any atom is -0.478 e. The molecule has 6 nitrogen and oxygen atoms in total. The van der Waals surface area contributed by atoms with Gasteiger partial charge in [0.15, 0.2) is 0 Å². The summed E-state index contributed by atoms with van der Waals surface area (Å²) in [6.07, 6.45) is 2.48. The van der Waals surface area contributed by atoms with E-state index in [1.807, 2.05) is 13.8 Å². The summed E-state index contributed by atoms with van der Waals surface area (Å²) in [5.74, 6) is -2.00. The molecule has 6 heteroatoms. The summed E-state index contributed by atoms with van der Waals surface area (Å²) < 4.78 is 0. The van der Waals surface area contributed by atoms with Gasteiger partial charge in [-0.15, -0.1) is 0 Å². The number of benzene rings is 1. The molecule has 1 aromatic carbocycles. The number of carboxylic acids is 1. The second-order valence-corrected chi connectivity index (χ2v) is 4.52. The fraction of sp³-hybridized carbons (Fsp3) is 0.267. The van der Waals surface area contributed by atoms with E-state index in [9.17, 15) is 14.4 Å². The van der Waals surface area contributed by atoms with E-state index >= 15 is 0 Å². The summed E-state index contributed by atoms with van der Waals surface area (Å²) in [6.45, 7) is 3.87. The summed E-state index contributed by atoms with van der Waals surface area (Å²) in [5.41, 5.74) is 0.849. The Balaban J connectivity index is 2.74. The molecule has 1 aromatic rings. The Kier molecular flexibility index (Phi) is 6.13. The van der Waals surface area contributed by atoms with Gasteiger partial charge in [-0.1, -0.05) is 13.0 Å². The topological polar surface area (TPSA) is 95.5 Å². The zero-order valence-electron chi connectivity index (χ0n) is 11.9. The number of amides is 2. The van der Waals surface area contributed by atoms with E-state index in [1.165, 1.54) is 6.07 Å². The van der Waals surface area contributed by atoms with Gasteiger partial charge < -0.3 is 15.7 Å². The molecule has 0 saturated carbocycles. The first-order valence-electron chi connectivity index (χ1n) is 6.55. The van der Waals surface area contributed by atoms with Crippen LogP contribution in [-0.2, 0) is 9.59 Å². The van der Waals surface area contributed by atoms with Crippen molar-refractivity contribution < 1.29 is 19.5 Å². The van der Waals surface area contributed by atoms with Crippen LogP contribution in [0.5, 0.6) is 0 Å². The van der Waals surface area contributed by atoms with Crippen molar-refractivity contribution >= 4 is 23.5 Å². The number of hydrogen-bond donors (Lipinski definition) is 3. The highest BCUT2D eigenvalue weighted by atomic mass is 16.4. The van der Waals surface area contributed by atoms with Crippen molar-refractivity contribution in [3.63, 3.8) is 0 Å². The third-order valence-corrected chi connectivity index (χ3v) is 2.76. The summed E-state index contributed by atoms with van der Waals surface area (Å²) in [5, 5.41) is 13.7. The predicted octanol–water partition coefficient (Wildman–Crippen LogP) is 1.79. The van der Waals surface area contributed by atoms with Crippen molar-refractivity contribution in [3.05, 3.63) is 42.0 Å². The second kappa shape index (κ2) is 7.84. The number of aliphatic carboxylic acids is 1. The summed E-state index contributed by atoms with van der Waals surface area (Å²) >= 11 is 0.